The lowest BCUT2D eigenvalue weighted by Gasteiger charge is -2.36. The highest BCUT2D eigenvalue weighted by molar-refractivity contribution is 14.0. The van der Waals surface area contributed by atoms with E-state index in [9.17, 15) is 0 Å². The molecule has 1 heterocycles. The van der Waals surface area contributed by atoms with Gasteiger partial charge in [0.1, 0.15) is 0 Å². The molecule has 1 rings (SSSR count). The van der Waals surface area contributed by atoms with E-state index in [1.807, 2.05) is 11.8 Å². The van der Waals surface area contributed by atoms with E-state index in [0.717, 1.165) is 43.3 Å². The van der Waals surface area contributed by atoms with E-state index >= 15 is 0 Å². The van der Waals surface area contributed by atoms with Gasteiger partial charge in [-0.05, 0) is 19.1 Å². The van der Waals surface area contributed by atoms with Crippen LogP contribution in [0, 0.1) is 5.92 Å². The molecule has 120 valence electrons. The predicted molar refractivity (Wildman–Crippen MR) is 107 cm³/mol. The summed E-state index contributed by atoms with van der Waals surface area (Å²) in [6.07, 6.45) is 2.15. The highest BCUT2D eigenvalue weighted by Gasteiger charge is 2.24. The molecule has 2 unspecified atom stereocenters. The van der Waals surface area contributed by atoms with Gasteiger partial charge in [0, 0.05) is 35.9 Å². The molecular weight excluding hydrogens is 401 g/mol. The van der Waals surface area contributed by atoms with Crippen LogP contribution >= 0.6 is 47.5 Å². The summed E-state index contributed by atoms with van der Waals surface area (Å²) in [4.78, 5) is 7.25. The molecule has 20 heavy (non-hydrogen) atoms. The van der Waals surface area contributed by atoms with Crippen molar-refractivity contribution in [2.75, 3.05) is 38.2 Å². The Balaban J connectivity index is 0.00000361. The van der Waals surface area contributed by atoms with Crippen molar-refractivity contribution in [2.45, 2.75) is 38.2 Å². The summed E-state index contributed by atoms with van der Waals surface area (Å²) in [5, 5.41) is 4.77. The molecule has 0 aliphatic carbocycles. The maximum absolute atomic E-state index is 4.80. The minimum absolute atomic E-state index is 0. The SMILES string of the molecule is CCNC(=NCC(C)SC)N1CCSC(C(C)C)C1.I. The molecule has 1 saturated heterocycles. The van der Waals surface area contributed by atoms with E-state index in [0.29, 0.717) is 5.25 Å². The summed E-state index contributed by atoms with van der Waals surface area (Å²) in [5.74, 6) is 3.06. The van der Waals surface area contributed by atoms with Crippen molar-refractivity contribution in [3.63, 3.8) is 0 Å². The van der Waals surface area contributed by atoms with Crippen LogP contribution in [0.15, 0.2) is 4.99 Å². The average molecular weight is 431 g/mol. The number of hydrogen-bond acceptors (Lipinski definition) is 3. The first kappa shape index (κ1) is 20.7. The normalized spacial score (nSPS) is 21.6. The Kier molecular flexibility index (Phi) is 11.7. The zero-order valence-corrected chi connectivity index (χ0v) is 17.4. The molecule has 1 N–H and O–H groups in total. The number of thioether (sulfide) groups is 2. The van der Waals surface area contributed by atoms with E-state index in [2.05, 4.69) is 55.9 Å². The van der Waals surface area contributed by atoms with Crippen LogP contribution in [0.25, 0.3) is 0 Å². The van der Waals surface area contributed by atoms with E-state index in [1.165, 1.54) is 5.75 Å². The minimum atomic E-state index is 0. The first-order chi connectivity index (χ1) is 9.08. The highest BCUT2D eigenvalue weighted by atomic mass is 127. The number of halogens is 1. The first-order valence-electron chi connectivity index (χ1n) is 7.26. The molecule has 1 aliphatic rings. The third kappa shape index (κ3) is 7.11. The third-order valence-corrected chi connectivity index (χ3v) is 5.87. The second-order valence-corrected chi connectivity index (χ2v) is 7.96. The quantitative estimate of drug-likeness (QED) is 0.410. The molecule has 0 spiro atoms. The van der Waals surface area contributed by atoms with E-state index in [4.69, 9.17) is 4.99 Å². The molecule has 0 amide bonds. The summed E-state index contributed by atoms with van der Waals surface area (Å²) in [6, 6.07) is 0. The Morgan fingerprint density at radius 2 is 2.15 bits per heavy atom. The van der Waals surface area contributed by atoms with E-state index in [-0.39, 0.29) is 24.0 Å². The molecule has 3 nitrogen and oxygen atoms in total. The molecular formula is C14H30IN3S2. The van der Waals surface area contributed by atoms with Gasteiger partial charge in [-0.25, -0.2) is 0 Å². The number of nitrogens with zero attached hydrogens (tertiary/aromatic N) is 2. The van der Waals surface area contributed by atoms with Gasteiger partial charge in [0.15, 0.2) is 5.96 Å². The fourth-order valence-electron chi connectivity index (χ4n) is 1.99. The minimum Gasteiger partial charge on any atom is -0.357 e. The topological polar surface area (TPSA) is 27.6 Å². The Morgan fingerprint density at radius 1 is 1.45 bits per heavy atom. The lowest BCUT2D eigenvalue weighted by molar-refractivity contribution is 0.381. The van der Waals surface area contributed by atoms with Crippen LogP contribution in [0.1, 0.15) is 27.7 Å². The van der Waals surface area contributed by atoms with Crippen molar-refractivity contribution in [3.8, 4) is 0 Å². The van der Waals surface area contributed by atoms with Crippen LogP contribution in [0.3, 0.4) is 0 Å². The summed E-state index contributed by atoms with van der Waals surface area (Å²) in [7, 11) is 0. The summed E-state index contributed by atoms with van der Waals surface area (Å²) < 4.78 is 0. The second-order valence-electron chi connectivity index (χ2n) is 5.34. The van der Waals surface area contributed by atoms with Gasteiger partial charge in [0.05, 0.1) is 6.54 Å². The van der Waals surface area contributed by atoms with Crippen molar-refractivity contribution in [3.05, 3.63) is 0 Å². The molecule has 1 aliphatic heterocycles. The molecule has 1 fully saturated rings. The second kappa shape index (κ2) is 11.3. The Hall–Kier alpha value is 0.700. The summed E-state index contributed by atoms with van der Waals surface area (Å²) >= 11 is 3.99. The number of hydrogen-bond donors (Lipinski definition) is 1. The number of guanidine groups is 1. The van der Waals surface area contributed by atoms with Crippen LogP contribution in [-0.4, -0.2) is 59.5 Å². The Labute approximate surface area is 150 Å². The fraction of sp³-hybridized carbons (Fsp3) is 0.929. The monoisotopic (exact) mass is 431 g/mol. The molecule has 2 atom stereocenters. The molecule has 0 saturated carbocycles. The van der Waals surface area contributed by atoms with Crippen LogP contribution in [0.2, 0.25) is 0 Å². The van der Waals surface area contributed by atoms with Crippen molar-refractivity contribution < 1.29 is 0 Å². The average Bonchev–Trinajstić information content (AvgIpc) is 2.43. The zero-order valence-electron chi connectivity index (χ0n) is 13.4. The maximum Gasteiger partial charge on any atom is 0.194 e. The molecule has 0 bridgehead atoms. The lowest BCUT2D eigenvalue weighted by atomic mass is 10.1. The van der Waals surface area contributed by atoms with Crippen LogP contribution in [0.5, 0.6) is 0 Å². The van der Waals surface area contributed by atoms with Crippen molar-refractivity contribution in [2.24, 2.45) is 10.9 Å². The van der Waals surface area contributed by atoms with Crippen molar-refractivity contribution in [1.29, 1.82) is 0 Å². The van der Waals surface area contributed by atoms with Gasteiger partial charge in [-0.1, -0.05) is 20.8 Å². The number of rotatable bonds is 5. The Bertz CT molecular complexity index is 288. The highest BCUT2D eigenvalue weighted by Crippen LogP contribution is 2.24. The van der Waals surface area contributed by atoms with Gasteiger partial charge in [-0.15, -0.1) is 24.0 Å². The van der Waals surface area contributed by atoms with Gasteiger partial charge >= 0.3 is 0 Å². The van der Waals surface area contributed by atoms with Gasteiger partial charge < -0.3 is 10.2 Å². The molecule has 0 radical (unpaired) electrons. The lowest BCUT2D eigenvalue weighted by Crippen LogP contribution is -2.49. The fourth-order valence-corrected chi connectivity index (χ4v) is 3.51. The largest absolute Gasteiger partial charge is 0.357 e. The van der Waals surface area contributed by atoms with Crippen LogP contribution < -0.4 is 5.32 Å². The standard InChI is InChI=1S/C14H29N3S2.HI/c1-6-15-14(16-9-12(4)18-5)17-7-8-19-13(10-17)11(2)3;/h11-13H,6-10H2,1-5H3,(H,15,16);1H. The van der Waals surface area contributed by atoms with Gasteiger partial charge in [0.2, 0.25) is 0 Å². The molecule has 0 aromatic rings. The maximum atomic E-state index is 4.80. The van der Waals surface area contributed by atoms with Gasteiger partial charge in [0.25, 0.3) is 0 Å². The number of aliphatic imine (C=N–C) groups is 1. The summed E-state index contributed by atoms with van der Waals surface area (Å²) in [6.45, 7) is 13.1. The molecule has 0 aromatic carbocycles. The molecule has 6 heteroatoms. The van der Waals surface area contributed by atoms with Gasteiger partial charge in [-0.3, -0.25) is 4.99 Å². The third-order valence-electron chi connectivity index (χ3n) is 3.37. The van der Waals surface area contributed by atoms with Crippen LogP contribution in [0.4, 0.5) is 0 Å². The predicted octanol–water partition coefficient (Wildman–Crippen LogP) is 3.39. The zero-order chi connectivity index (χ0) is 14.3. The van der Waals surface area contributed by atoms with Crippen molar-refractivity contribution >= 4 is 53.5 Å². The van der Waals surface area contributed by atoms with Gasteiger partial charge in [-0.2, -0.15) is 23.5 Å². The number of nitrogens with one attached hydrogen (secondary N) is 1. The smallest absolute Gasteiger partial charge is 0.194 e. The summed E-state index contributed by atoms with van der Waals surface area (Å²) in [5.41, 5.74) is 0. The van der Waals surface area contributed by atoms with Crippen LogP contribution in [-0.2, 0) is 0 Å². The van der Waals surface area contributed by atoms with E-state index in [1.54, 1.807) is 0 Å². The van der Waals surface area contributed by atoms with Crippen molar-refractivity contribution in [1.82, 2.24) is 10.2 Å². The van der Waals surface area contributed by atoms with E-state index < -0.39 is 0 Å². The molecule has 0 aromatic heterocycles. The Morgan fingerprint density at radius 3 is 2.70 bits per heavy atom. The first-order valence-corrected chi connectivity index (χ1v) is 9.59.